The van der Waals surface area contributed by atoms with E-state index in [1.807, 2.05) is 32.0 Å². The van der Waals surface area contributed by atoms with E-state index in [2.05, 4.69) is 10.1 Å². The molecular formula is C18H19ClF3NO2. The third kappa shape index (κ3) is 5.03. The second kappa shape index (κ2) is 7.54. The molecule has 0 radical (unpaired) electrons. The van der Waals surface area contributed by atoms with Gasteiger partial charge in [-0.05, 0) is 37.1 Å². The first-order valence-electron chi connectivity index (χ1n) is 7.66. The normalized spacial score (nSPS) is 14.4. The number of benzene rings is 2. The van der Waals surface area contributed by atoms with Gasteiger partial charge < -0.3 is 14.8 Å². The van der Waals surface area contributed by atoms with Crippen molar-refractivity contribution in [3.8, 4) is 22.6 Å². The summed E-state index contributed by atoms with van der Waals surface area (Å²) in [7, 11) is 0. The molecular weight excluding hydrogens is 355 g/mol. The quantitative estimate of drug-likeness (QED) is 0.846. The minimum absolute atomic E-state index is 0. The van der Waals surface area contributed by atoms with Crippen LogP contribution in [0.15, 0.2) is 36.4 Å². The molecule has 3 nitrogen and oxygen atoms in total. The van der Waals surface area contributed by atoms with Crippen LogP contribution < -0.4 is 14.8 Å². The molecule has 3 rings (SSSR count). The second-order valence-corrected chi connectivity index (χ2v) is 5.98. The Hall–Kier alpha value is -1.92. The predicted octanol–water partition coefficient (Wildman–Crippen LogP) is 4.64. The number of rotatable bonds is 4. The Labute approximate surface area is 150 Å². The van der Waals surface area contributed by atoms with Crippen molar-refractivity contribution in [2.75, 3.05) is 13.1 Å². The predicted molar refractivity (Wildman–Crippen MR) is 92.6 cm³/mol. The minimum Gasteiger partial charge on any atom is -0.484 e. The van der Waals surface area contributed by atoms with Crippen LogP contribution in [0.1, 0.15) is 11.1 Å². The van der Waals surface area contributed by atoms with Crippen molar-refractivity contribution in [3.63, 3.8) is 0 Å². The Morgan fingerprint density at radius 1 is 0.920 bits per heavy atom. The topological polar surface area (TPSA) is 30.5 Å². The standard InChI is InChI=1S/C18H18F3NO2.ClH/c1-11-5-12(2)7-14(6-11)13-3-4-16(23-15-9-22-10-15)17(8-13)24-18(19,20)21;/h3-8,15,22H,9-10H2,1-2H3;1H. The van der Waals surface area contributed by atoms with Gasteiger partial charge in [-0.1, -0.05) is 35.4 Å². The van der Waals surface area contributed by atoms with Crippen molar-refractivity contribution in [2.24, 2.45) is 0 Å². The highest BCUT2D eigenvalue weighted by Gasteiger charge is 2.33. The van der Waals surface area contributed by atoms with Gasteiger partial charge in [0.25, 0.3) is 0 Å². The lowest BCUT2D eigenvalue weighted by Crippen LogP contribution is -2.50. The molecule has 1 aliphatic heterocycles. The van der Waals surface area contributed by atoms with Crippen LogP contribution in [0.2, 0.25) is 0 Å². The maximum Gasteiger partial charge on any atom is 0.573 e. The Morgan fingerprint density at radius 3 is 2.08 bits per heavy atom. The van der Waals surface area contributed by atoms with E-state index >= 15 is 0 Å². The van der Waals surface area contributed by atoms with Gasteiger partial charge in [-0.2, -0.15) is 0 Å². The molecule has 1 aliphatic rings. The fraction of sp³-hybridized carbons (Fsp3) is 0.333. The fourth-order valence-electron chi connectivity index (χ4n) is 2.66. The SMILES string of the molecule is Cc1cc(C)cc(-c2ccc(OC3CNC3)c(OC(F)(F)F)c2)c1.Cl. The van der Waals surface area contributed by atoms with Crippen LogP contribution in [0.3, 0.4) is 0 Å². The molecule has 1 N–H and O–H groups in total. The third-order valence-corrected chi connectivity index (χ3v) is 3.76. The number of hydrogen-bond acceptors (Lipinski definition) is 3. The molecule has 0 aliphatic carbocycles. The van der Waals surface area contributed by atoms with E-state index in [-0.39, 0.29) is 30.0 Å². The van der Waals surface area contributed by atoms with Crippen LogP contribution in [-0.2, 0) is 0 Å². The second-order valence-electron chi connectivity index (χ2n) is 5.98. The van der Waals surface area contributed by atoms with Gasteiger partial charge in [0.2, 0.25) is 0 Å². The molecule has 7 heteroatoms. The van der Waals surface area contributed by atoms with E-state index < -0.39 is 6.36 Å². The Kier molecular flexibility index (Phi) is 5.85. The third-order valence-electron chi connectivity index (χ3n) is 3.76. The van der Waals surface area contributed by atoms with Gasteiger partial charge >= 0.3 is 6.36 Å². The van der Waals surface area contributed by atoms with Crippen LogP contribution in [-0.4, -0.2) is 25.6 Å². The van der Waals surface area contributed by atoms with Crippen LogP contribution in [0, 0.1) is 13.8 Å². The van der Waals surface area contributed by atoms with Gasteiger partial charge in [-0.15, -0.1) is 25.6 Å². The Morgan fingerprint density at radius 2 is 1.56 bits per heavy atom. The first-order valence-corrected chi connectivity index (χ1v) is 7.66. The summed E-state index contributed by atoms with van der Waals surface area (Å²) in [6.45, 7) is 5.13. The molecule has 0 saturated carbocycles. The van der Waals surface area contributed by atoms with Gasteiger partial charge in [0.15, 0.2) is 11.5 Å². The van der Waals surface area contributed by atoms with Crippen LogP contribution in [0.25, 0.3) is 11.1 Å². The van der Waals surface area contributed by atoms with E-state index in [4.69, 9.17) is 4.74 Å². The summed E-state index contributed by atoms with van der Waals surface area (Å²) in [5.74, 6) is -0.210. The summed E-state index contributed by atoms with van der Waals surface area (Å²) in [5.41, 5.74) is 3.59. The summed E-state index contributed by atoms with van der Waals surface area (Å²) in [6.07, 6.45) is -4.90. The smallest absolute Gasteiger partial charge is 0.484 e. The lowest BCUT2D eigenvalue weighted by atomic mass is 10.0. The molecule has 0 aromatic heterocycles. The fourth-order valence-corrected chi connectivity index (χ4v) is 2.66. The van der Waals surface area contributed by atoms with Gasteiger partial charge in [-0.3, -0.25) is 0 Å². The molecule has 136 valence electrons. The molecule has 0 atom stereocenters. The van der Waals surface area contributed by atoms with Gasteiger partial charge in [0.05, 0.1) is 0 Å². The van der Waals surface area contributed by atoms with Crippen molar-refractivity contribution >= 4 is 12.4 Å². The maximum absolute atomic E-state index is 12.7. The number of nitrogens with one attached hydrogen (secondary N) is 1. The van der Waals surface area contributed by atoms with Gasteiger partial charge in [-0.25, -0.2) is 0 Å². The highest BCUT2D eigenvalue weighted by Crippen LogP contribution is 2.37. The number of halogens is 4. The van der Waals surface area contributed by atoms with Crippen molar-refractivity contribution in [3.05, 3.63) is 47.5 Å². The highest BCUT2D eigenvalue weighted by molar-refractivity contribution is 5.85. The molecule has 2 aromatic carbocycles. The van der Waals surface area contributed by atoms with Crippen LogP contribution in [0.5, 0.6) is 11.5 Å². The average molecular weight is 374 g/mol. The monoisotopic (exact) mass is 373 g/mol. The molecule has 25 heavy (non-hydrogen) atoms. The minimum atomic E-state index is -4.77. The first kappa shape index (κ1) is 19.4. The highest BCUT2D eigenvalue weighted by atomic mass is 35.5. The first-order chi connectivity index (χ1) is 11.3. The summed E-state index contributed by atoms with van der Waals surface area (Å²) in [5, 5.41) is 3.01. The van der Waals surface area contributed by atoms with Gasteiger partial charge in [0.1, 0.15) is 6.10 Å². The molecule has 1 fully saturated rings. The summed E-state index contributed by atoms with van der Waals surface area (Å²) in [4.78, 5) is 0. The average Bonchev–Trinajstić information content (AvgIpc) is 2.41. The van der Waals surface area contributed by atoms with Crippen molar-refractivity contribution in [2.45, 2.75) is 26.3 Å². The molecule has 0 spiro atoms. The number of hydrogen-bond donors (Lipinski definition) is 1. The Balaban J connectivity index is 0.00000225. The zero-order valence-electron chi connectivity index (χ0n) is 13.8. The molecule has 0 amide bonds. The zero-order chi connectivity index (χ0) is 17.3. The summed E-state index contributed by atoms with van der Waals surface area (Å²) < 4.78 is 47.9. The molecule has 2 aromatic rings. The molecule has 0 bridgehead atoms. The Bertz CT molecular complexity index is 725. The van der Waals surface area contributed by atoms with Crippen LogP contribution >= 0.6 is 12.4 Å². The van der Waals surface area contributed by atoms with E-state index in [9.17, 15) is 13.2 Å². The van der Waals surface area contributed by atoms with Gasteiger partial charge in [0, 0.05) is 13.1 Å². The summed E-state index contributed by atoms with van der Waals surface area (Å²) >= 11 is 0. The molecule has 0 unspecified atom stereocenters. The van der Waals surface area contributed by atoms with Crippen molar-refractivity contribution in [1.82, 2.24) is 5.32 Å². The van der Waals surface area contributed by atoms with E-state index in [0.29, 0.717) is 18.7 Å². The van der Waals surface area contributed by atoms with Crippen LogP contribution in [0.4, 0.5) is 13.2 Å². The van der Waals surface area contributed by atoms with Crippen molar-refractivity contribution < 1.29 is 22.6 Å². The largest absolute Gasteiger partial charge is 0.573 e. The zero-order valence-corrected chi connectivity index (χ0v) is 14.6. The van der Waals surface area contributed by atoms with E-state index in [1.165, 1.54) is 12.1 Å². The summed E-state index contributed by atoms with van der Waals surface area (Å²) in [6, 6.07) is 10.5. The maximum atomic E-state index is 12.7. The van der Waals surface area contributed by atoms with E-state index in [1.54, 1.807) is 6.07 Å². The number of aryl methyl sites for hydroxylation is 2. The number of ether oxygens (including phenoxy) is 2. The lowest BCUT2D eigenvalue weighted by molar-refractivity contribution is -0.275. The molecule has 1 heterocycles. The van der Waals surface area contributed by atoms with E-state index in [0.717, 1.165) is 16.7 Å². The van der Waals surface area contributed by atoms with Crippen molar-refractivity contribution in [1.29, 1.82) is 0 Å². The number of alkyl halides is 3. The molecule has 1 saturated heterocycles. The lowest BCUT2D eigenvalue weighted by Gasteiger charge is -2.28.